The van der Waals surface area contributed by atoms with Crippen molar-refractivity contribution in [1.29, 1.82) is 0 Å². The molecule has 3 N–H and O–H groups in total. The fraction of sp³-hybridized carbons (Fsp3) is 0.629. The van der Waals surface area contributed by atoms with E-state index in [4.69, 9.17) is 13.7 Å². The van der Waals surface area contributed by atoms with Crippen LogP contribution in [-0.2, 0) is 33.6 Å². The van der Waals surface area contributed by atoms with Crippen molar-refractivity contribution in [2.75, 3.05) is 6.54 Å². The highest BCUT2D eigenvalue weighted by molar-refractivity contribution is 7.85. The Balaban J connectivity index is 1.28. The molecule has 4 amide bonds. The third kappa shape index (κ3) is 8.66. The number of hydrogen-bond donors (Lipinski definition) is 3. The summed E-state index contributed by atoms with van der Waals surface area (Å²) >= 11 is 0. The minimum Gasteiger partial charge on any atom is -0.472 e. The standard InChI is InChI=1S/C35H47N5O9S/c1-34(2,3)48-33(44)37-27-14-8-6-4-5-7-12-23-20-35(23,32(43)39-50(45,46)49-24-15-16-24)38-29(41)28-19-25(21-40(28)31(27)42)47-30-26-13-10-9-11-22(26)17-18-36-30/h9-11,13,17-18,23-25,27-28H,4-8,12,14-16,19-21H2,1-3H3,(H,37,44)(H,38,41)(H,39,43)/t23-,25-,27+,28+,35-/m1/s1. The Bertz CT molecular complexity index is 1720. The molecule has 3 heterocycles. The van der Waals surface area contributed by atoms with Crippen LogP contribution in [0.4, 0.5) is 4.79 Å². The largest absolute Gasteiger partial charge is 0.472 e. The monoisotopic (exact) mass is 713 g/mol. The Labute approximate surface area is 292 Å². The van der Waals surface area contributed by atoms with Crippen molar-refractivity contribution in [3.8, 4) is 5.88 Å². The summed E-state index contributed by atoms with van der Waals surface area (Å²) in [6.07, 6.45) is 6.23. The van der Waals surface area contributed by atoms with Gasteiger partial charge in [-0.05, 0) is 76.3 Å². The average Bonchev–Trinajstić information content (AvgIpc) is 3.94. The van der Waals surface area contributed by atoms with Gasteiger partial charge in [-0.15, -0.1) is 0 Å². The lowest BCUT2D eigenvalue weighted by Crippen LogP contribution is -2.58. The molecule has 0 bridgehead atoms. The molecule has 5 atom stereocenters. The van der Waals surface area contributed by atoms with Crippen molar-refractivity contribution >= 4 is 44.9 Å². The number of alkyl carbamates (subject to hydrolysis) is 1. The van der Waals surface area contributed by atoms with Crippen LogP contribution in [0.15, 0.2) is 36.5 Å². The molecule has 6 rings (SSSR count). The molecule has 50 heavy (non-hydrogen) atoms. The van der Waals surface area contributed by atoms with Gasteiger partial charge in [-0.2, -0.15) is 8.42 Å². The van der Waals surface area contributed by atoms with E-state index in [1.54, 1.807) is 27.0 Å². The molecule has 2 saturated heterocycles. The van der Waals surface area contributed by atoms with Gasteiger partial charge in [0.25, 0.3) is 5.91 Å². The van der Waals surface area contributed by atoms with E-state index in [1.165, 1.54) is 4.90 Å². The molecule has 14 nitrogen and oxygen atoms in total. The van der Waals surface area contributed by atoms with E-state index >= 15 is 0 Å². The van der Waals surface area contributed by atoms with Crippen LogP contribution in [0.25, 0.3) is 10.8 Å². The zero-order valence-corrected chi connectivity index (χ0v) is 29.6. The lowest BCUT2D eigenvalue weighted by Gasteiger charge is -2.30. The van der Waals surface area contributed by atoms with Crippen LogP contribution in [-0.4, -0.2) is 84.1 Å². The molecule has 4 fully saturated rings. The average molecular weight is 714 g/mol. The van der Waals surface area contributed by atoms with Gasteiger partial charge < -0.3 is 25.0 Å². The van der Waals surface area contributed by atoms with Crippen LogP contribution in [0.3, 0.4) is 0 Å². The summed E-state index contributed by atoms with van der Waals surface area (Å²) in [5, 5.41) is 7.29. The van der Waals surface area contributed by atoms with Crippen molar-refractivity contribution in [2.24, 2.45) is 5.92 Å². The minimum absolute atomic E-state index is 0.0144. The number of nitrogens with zero attached hydrogens (tertiary/aromatic N) is 2. The Morgan fingerprint density at radius 1 is 0.980 bits per heavy atom. The fourth-order valence-corrected chi connectivity index (χ4v) is 7.94. The third-order valence-electron chi connectivity index (χ3n) is 9.66. The van der Waals surface area contributed by atoms with E-state index in [-0.39, 0.29) is 25.3 Å². The second kappa shape index (κ2) is 14.3. The number of ether oxygens (including phenoxy) is 2. The molecule has 15 heteroatoms. The highest BCUT2D eigenvalue weighted by atomic mass is 32.2. The van der Waals surface area contributed by atoms with Gasteiger partial charge >= 0.3 is 16.4 Å². The summed E-state index contributed by atoms with van der Waals surface area (Å²) in [4.78, 5) is 61.0. The van der Waals surface area contributed by atoms with E-state index in [9.17, 15) is 27.6 Å². The van der Waals surface area contributed by atoms with E-state index in [0.29, 0.717) is 38.0 Å². The van der Waals surface area contributed by atoms with E-state index in [2.05, 4.69) is 15.6 Å². The van der Waals surface area contributed by atoms with Crippen LogP contribution in [0.2, 0.25) is 0 Å². The van der Waals surface area contributed by atoms with Gasteiger partial charge in [0.2, 0.25) is 17.7 Å². The predicted molar refractivity (Wildman–Crippen MR) is 182 cm³/mol. The second-order valence-electron chi connectivity index (χ2n) is 14.9. The molecule has 272 valence electrons. The summed E-state index contributed by atoms with van der Waals surface area (Å²) in [6, 6.07) is 7.37. The summed E-state index contributed by atoms with van der Waals surface area (Å²) in [5.41, 5.74) is -2.27. The normalized spacial score (nSPS) is 27.9. The molecule has 2 saturated carbocycles. The van der Waals surface area contributed by atoms with E-state index < -0.39 is 69.6 Å². The van der Waals surface area contributed by atoms with Gasteiger partial charge in [-0.25, -0.2) is 14.5 Å². The van der Waals surface area contributed by atoms with Gasteiger partial charge in [-0.1, -0.05) is 50.3 Å². The van der Waals surface area contributed by atoms with Crippen LogP contribution >= 0.6 is 0 Å². The number of benzene rings is 1. The topological polar surface area (TPSA) is 182 Å². The number of hydrogen-bond acceptors (Lipinski definition) is 10. The minimum atomic E-state index is -4.38. The lowest BCUT2D eigenvalue weighted by atomic mass is 10.0. The smallest absolute Gasteiger partial charge is 0.408 e. The van der Waals surface area contributed by atoms with Crippen molar-refractivity contribution in [1.82, 2.24) is 25.2 Å². The van der Waals surface area contributed by atoms with Gasteiger partial charge in [-0.3, -0.25) is 18.6 Å². The number of pyridine rings is 1. The third-order valence-corrected chi connectivity index (χ3v) is 10.6. The Kier molecular flexibility index (Phi) is 10.3. The number of nitrogens with one attached hydrogen (secondary N) is 3. The molecule has 0 spiro atoms. The quantitative estimate of drug-likeness (QED) is 0.383. The maximum absolute atomic E-state index is 14.4. The van der Waals surface area contributed by atoms with Crippen LogP contribution < -0.4 is 20.1 Å². The summed E-state index contributed by atoms with van der Waals surface area (Å²) in [6.45, 7) is 5.21. The summed E-state index contributed by atoms with van der Waals surface area (Å²) in [7, 11) is -4.38. The number of fused-ring (bicyclic) bond motifs is 3. The molecule has 2 aliphatic carbocycles. The Morgan fingerprint density at radius 3 is 2.44 bits per heavy atom. The van der Waals surface area contributed by atoms with Crippen LogP contribution in [0.5, 0.6) is 5.88 Å². The molecule has 1 aromatic carbocycles. The first-order valence-electron chi connectivity index (χ1n) is 17.6. The maximum atomic E-state index is 14.4. The maximum Gasteiger partial charge on any atom is 0.408 e. The highest BCUT2D eigenvalue weighted by Gasteiger charge is 2.62. The molecule has 0 unspecified atom stereocenters. The zero-order valence-electron chi connectivity index (χ0n) is 28.8. The van der Waals surface area contributed by atoms with E-state index in [1.807, 2.05) is 35.1 Å². The SMILES string of the molecule is CC(C)(C)OC(=O)N[C@H]1CCCCCCC[C@@H]2C[C@@]2(C(=O)NS(=O)(=O)OC2CC2)NC(=O)[C@@H]2C[C@@H](Oc3nccc4ccccc34)CN2C1=O. The molecular weight excluding hydrogens is 666 g/mol. The predicted octanol–water partition coefficient (Wildman–Crippen LogP) is 3.64. The van der Waals surface area contributed by atoms with Gasteiger partial charge in [0.1, 0.15) is 29.3 Å². The molecule has 2 aromatic rings. The Hall–Kier alpha value is -3.98. The van der Waals surface area contributed by atoms with Crippen molar-refractivity contribution in [2.45, 2.75) is 127 Å². The molecular formula is C35H47N5O9S. The molecule has 0 radical (unpaired) electrons. The number of amides is 4. The molecule has 1 aromatic heterocycles. The van der Waals surface area contributed by atoms with Crippen molar-refractivity contribution in [3.05, 3.63) is 36.5 Å². The summed E-state index contributed by atoms with van der Waals surface area (Å²) < 4.78 is 44.2. The Morgan fingerprint density at radius 2 is 1.70 bits per heavy atom. The molecule has 2 aliphatic heterocycles. The van der Waals surface area contributed by atoms with Gasteiger partial charge in [0.15, 0.2) is 0 Å². The number of carbonyl (C=O) groups is 4. The second-order valence-corrected chi connectivity index (χ2v) is 16.2. The first-order valence-corrected chi connectivity index (χ1v) is 19.0. The lowest BCUT2D eigenvalue weighted by molar-refractivity contribution is -0.141. The number of carbonyl (C=O) groups excluding carboxylic acids is 4. The van der Waals surface area contributed by atoms with Gasteiger partial charge in [0.05, 0.1) is 12.6 Å². The van der Waals surface area contributed by atoms with Crippen molar-refractivity contribution < 1.29 is 41.3 Å². The number of aromatic nitrogens is 1. The first kappa shape index (κ1) is 35.8. The van der Waals surface area contributed by atoms with Gasteiger partial charge in [0, 0.05) is 18.0 Å². The van der Waals surface area contributed by atoms with Crippen LogP contribution in [0, 0.1) is 5.92 Å². The zero-order chi connectivity index (χ0) is 35.7. The molecule has 4 aliphatic rings. The fourth-order valence-electron chi connectivity index (χ4n) is 6.94. The highest BCUT2D eigenvalue weighted by Crippen LogP contribution is 2.48. The first-order chi connectivity index (χ1) is 23.7. The van der Waals surface area contributed by atoms with E-state index in [0.717, 1.165) is 36.5 Å². The number of rotatable bonds is 7. The van der Waals surface area contributed by atoms with Crippen molar-refractivity contribution in [3.63, 3.8) is 0 Å². The summed E-state index contributed by atoms with van der Waals surface area (Å²) in [5.74, 6) is -1.87. The van der Waals surface area contributed by atoms with Crippen LogP contribution in [0.1, 0.15) is 91.4 Å².